The van der Waals surface area contributed by atoms with E-state index in [1.54, 1.807) is 18.2 Å². The Labute approximate surface area is 147 Å². The van der Waals surface area contributed by atoms with Gasteiger partial charge in [-0.1, -0.05) is 12.1 Å². The highest BCUT2D eigenvalue weighted by Gasteiger charge is 2.15. The van der Waals surface area contributed by atoms with Crippen molar-refractivity contribution in [3.63, 3.8) is 0 Å². The fourth-order valence-electron chi connectivity index (χ4n) is 3.03. The number of nitrogens with zero attached hydrogens (tertiary/aromatic N) is 1. The number of aryl methyl sites for hydroxylation is 1. The lowest BCUT2D eigenvalue weighted by atomic mass is 10.1. The summed E-state index contributed by atoms with van der Waals surface area (Å²) in [5.74, 6) is 0.0210. The van der Waals surface area contributed by atoms with Crippen molar-refractivity contribution >= 4 is 17.3 Å². The molecule has 0 bridgehead atoms. The van der Waals surface area contributed by atoms with Gasteiger partial charge in [-0.25, -0.2) is 4.39 Å². The number of hydrogen-bond acceptors (Lipinski definition) is 3. The van der Waals surface area contributed by atoms with Crippen LogP contribution in [0.2, 0.25) is 0 Å². The minimum atomic E-state index is -0.313. The largest absolute Gasteiger partial charge is 0.484 e. The summed E-state index contributed by atoms with van der Waals surface area (Å²) in [6, 6.07) is 12.3. The molecular formula is C20H23FN2O2. The van der Waals surface area contributed by atoms with Crippen LogP contribution in [0.4, 0.5) is 15.8 Å². The van der Waals surface area contributed by atoms with Gasteiger partial charge in [-0.05, 0) is 62.1 Å². The summed E-state index contributed by atoms with van der Waals surface area (Å²) in [6.45, 7) is 3.61. The van der Waals surface area contributed by atoms with E-state index in [0.29, 0.717) is 17.1 Å². The molecule has 0 saturated carbocycles. The molecule has 0 atom stereocenters. The summed E-state index contributed by atoms with van der Waals surface area (Å²) in [4.78, 5) is 14.1. The van der Waals surface area contributed by atoms with Gasteiger partial charge in [0.15, 0.2) is 6.61 Å². The van der Waals surface area contributed by atoms with E-state index >= 15 is 0 Å². The Morgan fingerprint density at radius 3 is 2.68 bits per heavy atom. The van der Waals surface area contributed by atoms with Crippen LogP contribution in [-0.2, 0) is 4.79 Å². The van der Waals surface area contributed by atoms with Gasteiger partial charge >= 0.3 is 0 Å². The van der Waals surface area contributed by atoms with Crippen LogP contribution in [0.1, 0.15) is 24.8 Å². The number of nitrogens with one attached hydrogen (secondary N) is 1. The van der Waals surface area contributed by atoms with Crippen molar-refractivity contribution < 1.29 is 13.9 Å². The molecule has 0 radical (unpaired) electrons. The molecule has 1 fully saturated rings. The van der Waals surface area contributed by atoms with Crippen molar-refractivity contribution in [2.45, 2.75) is 26.2 Å². The van der Waals surface area contributed by atoms with E-state index in [0.717, 1.165) is 31.5 Å². The highest BCUT2D eigenvalue weighted by Crippen LogP contribution is 2.25. The van der Waals surface area contributed by atoms with Crippen LogP contribution in [0.3, 0.4) is 0 Å². The summed E-state index contributed by atoms with van der Waals surface area (Å²) in [7, 11) is 0. The van der Waals surface area contributed by atoms with E-state index < -0.39 is 0 Å². The average molecular weight is 342 g/mol. The first kappa shape index (κ1) is 17.3. The second-order valence-corrected chi connectivity index (χ2v) is 6.37. The second kappa shape index (κ2) is 8.01. The normalized spacial score (nSPS) is 14.2. The van der Waals surface area contributed by atoms with Gasteiger partial charge in [0.25, 0.3) is 5.91 Å². The standard InChI is InChI=1S/C20H23FN2O2/c1-15-6-5-7-17(12-15)25-14-20(24)22-16-8-9-19(18(21)13-16)23-10-3-2-4-11-23/h5-9,12-13H,2-4,10-11,14H2,1H3,(H,22,24). The van der Waals surface area contributed by atoms with E-state index in [1.807, 2.05) is 25.1 Å². The smallest absolute Gasteiger partial charge is 0.262 e. The zero-order valence-electron chi connectivity index (χ0n) is 14.4. The summed E-state index contributed by atoms with van der Waals surface area (Å²) in [6.07, 6.45) is 3.38. The fraction of sp³-hybridized carbons (Fsp3) is 0.350. The molecule has 1 aliphatic rings. The minimum absolute atomic E-state index is 0.112. The predicted octanol–water partition coefficient (Wildman–Crippen LogP) is 4.14. The van der Waals surface area contributed by atoms with Crippen LogP contribution in [-0.4, -0.2) is 25.6 Å². The maximum absolute atomic E-state index is 14.4. The first-order chi connectivity index (χ1) is 12.1. The molecule has 1 heterocycles. The SMILES string of the molecule is Cc1cccc(OCC(=O)Nc2ccc(N3CCCCC3)c(F)c2)c1. The van der Waals surface area contributed by atoms with Gasteiger partial charge in [-0.3, -0.25) is 4.79 Å². The number of piperidine rings is 1. The van der Waals surface area contributed by atoms with Crippen molar-refractivity contribution in [2.24, 2.45) is 0 Å². The summed E-state index contributed by atoms with van der Waals surface area (Å²) >= 11 is 0. The number of rotatable bonds is 5. The van der Waals surface area contributed by atoms with E-state index in [2.05, 4.69) is 10.2 Å². The molecule has 0 aliphatic carbocycles. The topological polar surface area (TPSA) is 41.6 Å². The molecule has 0 aromatic heterocycles. The van der Waals surface area contributed by atoms with Gasteiger partial charge in [-0.15, -0.1) is 0 Å². The number of ether oxygens (including phenoxy) is 1. The molecule has 0 spiro atoms. The zero-order valence-corrected chi connectivity index (χ0v) is 14.4. The van der Waals surface area contributed by atoms with Crippen LogP contribution in [0.25, 0.3) is 0 Å². The Hall–Kier alpha value is -2.56. The molecule has 3 rings (SSSR count). The van der Waals surface area contributed by atoms with Crippen LogP contribution in [0, 0.1) is 12.7 Å². The van der Waals surface area contributed by atoms with E-state index in [9.17, 15) is 9.18 Å². The monoisotopic (exact) mass is 342 g/mol. The van der Waals surface area contributed by atoms with Gasteiger partial charge in [0.2, 0.25) is 0 Å². The summed E-state index contributed by atoms with van der Waals surface area (Å²) in [5.41, 5.74) is 2.11. The molecule has 2 aromatic rings. The summed E-state index contributed by atoms with van der Waals surface area (Å²) in [5, 5.41) is 2.68. The van der Waals surface area contributed by atoms with Gasteiger partial charge in [-0.2, -0.15) is 0 Å². The first-order valence-electron chi connectivity index (χ1n) is 8.65. The van der Waals surface area contributed by atoms with Crippen LogP contribution < -0.4 is 15.0 Å². The number of benzene rings is 2. The van der Waals surface area contributed by atoms with Crippen LogP contribution >= 0.6 is 0 Å². The van der Waals surface area contributed by atoms with Gasteiger partial charge in [0.05, 0.1) is 5.69 Å². The van der Waals surface area contributed by atoms with E-state index in [1.165, 1.54) is 12.5 Å². The fourth-order valence-corrected chi connectivity index (χ4v) is 3.03. The van der Waals surface area contributed by atoms with Crippen LogP contribution in [0.15, 0.2) is 42.5 Å². The lowest BCUT2D eigenvalue weighted by molar-refractivity contribution is -0.118. The first-order valence-corrected chi connectivity index (χ1v) is 8.65. The van der Waals surface area contributed by atoms with Gasteiger partial charge < -0.3 is 15.0 Å². The van der Waals surface area contributed by atoms with Crippen molar-refractivity contribution in [1.29, 1.82) is 0 Å². The van der Waals surface area contributed by atoms with Crippen molar-refractivity contribution in [1.82, 2.24) is 0 Å². The Kier molecular flexibility index (Phi) is 5.53. The average Bonchev–Trinajstić information content (AvgIpc) is 2.61. The highest BCUT2D eigenvalue weighted by atomic mass is 19.1. The van der Waals surface area contributed by atoms with Crippen molar-refractivity contribution in [3.05, 3.63) is 53.8 Å². The third-order valence-corrected chi connectivity index (χ3v) is 4.29. The maximum atomic E-state index is 14.4. The van der Waals surface area contributed by atoms with Crippen LogP contribution in [0.5, 0.6) is 5.75 Å². The molecule has 4 nitrogen and oxygen atoms in total. The van der Waals surface area contributed by atoms with Gasteiger partial charge in [0.1, 0.15) is 11.6 Å². The lowest BCUT2D eigenvalue weighted by Crippen LogP contribution is -2.30. The Morgan fingerprint density at radius 2 is 1.96 bits per heavy atom. The number of hydrogen-bond donors (Lipinski definition) is 1. The molecule has 0 unspecified atom stereocenters. The molecule has 25 heavy (non-hydrogen) atoms. The number of carbonyl (C=O) groups is 1. The molecule has 2 aromatic carbocycles. The maximum Gasteiger partial charge on any atom is 0.262 e. The Morgan fingerprint density at radius 1 is 1.16 bits per heavy atom. The number of halogens is 1. The summed E-state index contributed by atoms with van der Waals surface area (Å²) < 4.78 is 19.8. The molecule has 1 saturated heterocycles. The number of amides is 1. The second-order valence-electron chi connectivity index (χ2n) is 6.37. The molecular weight excluding hydrogens is 319 g/mol. The van der Waals surface area contributed by atoms with Crippen molar-refractivity contribution in [2.75, 3.05) is 29.9 Å². The minimum Gasteiger partial charge on any atom is -0.484 e. The predicted molar refractivity (Wildman–Crippen MR) is 97.8 cm³/mol. The molecule has 1 N–H and O–H groups in total. The Balaban J connectivity index is 1.57. The highest BCUT2D eigenvalue weighted by molar-refractivity contribution is 5.92. The number of anilines is 2. The number of carbonyl (C=O) groups excluding carboxylic acids is 1. The quantitative estimate of drug-likeness (QED) is 0.888. The Bertz CT molecular complexity index is 742. The zero-order chi connectivity index (χ0) is 17.6. The molecule has 1 aliphatic heterocycles. The van der Waals surface area contributed by atoms with Crippen molar-refractivity contribution in [3.8, 4) is 5.75 Å². The van der Waals surface area contributed by atoms with E-state index in [-0.39, 0.29) is 18.3 Å². The van der Waals surface area contributed by atoms with E-state index in [4.69, 9.17) is 4.74 Å². The molecule has 5 heteroatoms. The third-order valence-electron chi connectivity index (χ3n) is 4.29. The molecule has 132 valence electrons. The van der Waals surface area contributed by atoms with Gasteiger partial charge in [0, 0.05) is 18.8 Å². The molecule has 1 amide bonds. The lowest BCUT2D eigenvalue weighted by Gasteiger charge is -2.29. The third kappa shape index (κ3) is 4.72.